The van der Waals surface area contributed by atoms with E-state index < -0.39 is 0 Å². The summed E-state index contributed by atoms with van der Waals surface area (Å²) in [6, 6.07) is 20.7. The molecule has 0 aromatic heterocycles. The molecule has 0 saturated carbocycles. The number of rotatable bonds is 6. The summed E-state index contributed by atoms with van der Waals surface area (Å²) >= 11 is 0. The molecular formula is C21H26N2O. The minimum absolute atomic E-state index is 0.275. The van der Waals surface area contributed by atoms with Crippen LogP contribution in [-0.4, -0.2) is 30.4 Å². The third kappa shape index (κ3) is 4.85. The highest BCUT2D eigenvalue weighted by Crippen LogP contribution is 2.22. The molecule has 1 N–H and O–H groups in total. The van der Waals surface area contributed by atoms with Crippen LogP contribution in [0.15, 0.2) is 60.7 Å². The molecule has 1 saturated heterocycles. The summed E-state index contributed by atoms with van der Waals surface area (Å²) in [6.07, 6.45) is 3.94. The van der Waals surface area contributed by atoms with Crippen LogP contribution in [0.1, 0.15) is 24.8 Å². The fourth-order valence-corrected chi connectivity index (χ4v) is 3.36. The summed E-state index contributed by atoms with van der Waals surface area (Å²) in [5.41, 5.74) is 2.49. The number of benzene rings is 2. The first-order valence-corrected chi connectivity index (χ1v) is 8.92. The fraction of sp³-hybridized carbons (Fsp3) is 0.381. The Morgan fingerprint density at radius 2 is 1.58 bits per heavy atom. The molecule has 3 heteroatoms. The molecule has 126 valence electrons. The summed E-state index contributed by atoms with van der Waals surface area (Å²) in [7, 11) is 0. The van der Waals surface area contributed by atoms with Crippen molar-refractivity contribution in [3.05, 3.63) is 66.2 Å². The van der Waals surface area contributed by atoms with E-state index in [-0.39, 0.29) is 5.91 Å². The van der Waals surface area contributed by atoms with Crippen molar-refractivity contribution in [3.8, 4) is 0 Å². The first kappa shape index (κ1) is 16.6. The molecule has 2 aromatic carbocycles. The Balaban J connectivity index is 1.37. The molecule has 1 aliphatic rings. The Morgan fingerprint density at radius 1 is 0.958 bits per heavy atom. The topological polar surface area (TPSA) is 32.3 Å². The number of para-hydroxylation sites is 1. The third-order valence-electron chi connectivity index (χ3n) is 4.78. The highest BCUT2D eigenvalue weighted by molar-refractivity contribution is 5.76. The standard InChI is InChI=1S/C21H26N2O/c24-21(11-14-22-20-9-5-2-6-10-20)23-15-12-19(13-16-23)17-18-7-3-1-4-8-18/h1-10,19,22H,11-17H2. The van der Waals surface area contributed by atoms with E-state index in [0.29, 0.717) is 18.9 Å². The lowest BCUT2D eigenvalue weighted by Gasteiger charge is -2.32. The molecule has 3 rings (SSSR count). The van der Waals surface area contributed by atoms with Crippen LogP contribution in [0.5, 0.6) is 0 Å². The number of anilines is 1. The molecule has 1 fully saturated rings. The molecule has 0 atom stereocenters. The summed E-state index contributed by atoms with van der Waals surface area (Å²) in [5.74, 6) is 0.982. The van der Waals surface area contributed by atoms with Gasteiger partial charge in [-0.3, -0.25) is 4.79 Å². The number of carbonyl (C=O) groups is 1. The Kier molecular flexibility index (Phi) is 5.89. The second-order valence-corrected chi connectivity index (χ2v) is 6.56. The average Bonchev–Trinajstić information content (AvgIpc) is 2.64. The van der Waals surface area contributed by atoms with E-state index in [1.807, 2.05) is 35.2 Å². The van der Waals surface area contributed by atoms with Gasteiger partial charge in [0.15, 0.2) is 0 Å². The van der Waals surface area contributed by atoms with E-state index >= 15 is 0 Å². The van der Waals surface area contributed by atoms with Gasteiger partial charge >= 0.3 is 0 Å². The highest BCUT2D eigenvalue weighted by Gasteiger charge is 2.22. The Hall–Kier alpha value is -2.29. The van der Waals surface area contributed by atoms with Gasteiger partial charge in [-0.05, 0) is 42.9 Å². The van der Waals surface area contributed by atoms with E-state index in [9.17, 15) is 4.79 Å². The molecule has 0 spiro atoms. The molecule has 0 unspecified atom stereocenters. The first-order chi connectivity index (χ1) is 11.8. The molecule has 1 amide bonds. The Labute approximate surface area is 144 Å². The van der Waals surface area contributed by atoms with Crippen LogP contribution in [0.2, 0.25) is 0 Å². The van der Waals surface area contributed by atoms with Crippen molar-refractivity contribution < 1.29 is 4.79 Å². The van der Waals surface area contributed by atoms with Gasteiger partial charge in [-0.1, -0.05) is 48.5 Å². The second-order valence-electron chi connectivity index (χ2n) is 6.56. The van der Waals surface area contributed by atoms with E-state index in [2.05, 4.69) is 35.6 Å². The molecule has 0 aliphatic carbocycles. The van der Waals surface area contributed by atoms with Gasteiger partial charge in [0, 0.05) is 31.7 Å². The smallest absolute Gasteiger partial charge is 0.224 e. The minimum Gasteiger partial charge on any atom is -0.385 e. The van der Waals surface area contributed by atoms with Crippen molar-refractivity contribution >= 4 is 11.6 Å². The summed E-state index contributed by atoms with van der Waals surface area (Å²) in [6.45, 7) is 2.51. The summed E-state index contributed by atoms with van der Waals surface area (Å²) < 4.78 is 0. The van der Waals surface area contributed by atoms with Crippen LogP contribution in [0.4, 0.5) is 5.69 Å². The van der Waals surface area contributed by atoms with Gasteiger partial charge in [0.25, 0.3) is 0 Å². The van der Waals surface area contributed by atoms with Gasteiger partial charge in [-0.15, -0.1) is 0 Å². The van der Waals surface area contributed by atoms with Gasteiger partial charge in [0.05, 0.1) is 0 Å². The molecule has 1 heterocycles. The van der Waals surface area contributed by atoms with Crippen LogP contribution in [0.3, 0.4) is 0 Å². The van der Waals surface area contributed by atoms with E-state index in [0.717, 1.165) is 38.0 Å². The lowest BCUT2D eigenvalue weighted by Crippen LogP contribution is -2.39. The number of likely N-dealkylation sites (tertiary alicyclic amines) is 1. The molecule has 0 radical (unpaired) electrons. The van der Waals surface area contributed by atoms with Gasteiger partial charge < -0.3 is 10.2 Å². The third-order valence-corrected chi connectivity index (χ3v) is 4.78. The SMILES string of the molecule is O=C(CCNc1ccccc1)N1CCC(Cc2ccccc2)CC1. The number of carbonyl (C=O) groups excluding carboxylic acids is 1. The summed E-state index contributed by atoms with van der Waals surface area (Å²) in [5, 5.41) is 3.31. The maximum Gasteiger partial charge on any atom is 0.224 e. The predicted molar refractivity (Wildman–Crippen MR) is 99.0 cm³/mol. The predicted octanol–water partition coefficient (Wildman–Crippen LogP) is 3.97. The number of hydrogen-bond acceptors (Lipinski definition) is 2. The second kappa shape index (κ2) is 8.53. The molecule has 1 aliphatic heterocycles. The van der Waals surface area contributed by atoms with Crippen molar-refractivity contribution in [3.63, 3.8) is 0 Å². The van der Waals surface area contributed by atoms with E-state index in [4.69, 9.17) is 0 Å². The van der Waals surface area contributed by atoms with Crippen LogP contribution in [-0.2, 0) is 11.2 Å². The van der Waals surface area contributed by atoms with Crippen molar-refractivity contribution in [2.75, 3.05) is 25.0 Å². The molecular weight excluding hydrogens is 296 g/mol. The fourth-order valence-electron chi connectivity index (χ4n) is 3.36. The molecule has 24 heavy (non-hydrogen) atoms. The van der Waals surface area contributed by atoms with Crippen molar-refractivity contribution in [2.24, 2.45) is 5.92 Å². The minimum atomic E-state index is 0.275. The normalized spacial score (nSPS) is 15.2. The largest absolute Gasteiger partial charge is 0.385 e. The number of piperidine rings is 1. The molecule has 3 nitrogen and oxygen atoms in total. The quantitative estimate of drug-likeness (QED) is 0.873. The first-order valence-electron chi connectivity index (χ1n) is 8.92. The van der Waals surface area contributed by atoms with Gasteiger partial charge in [-0.25, -0.2) is 0 Å². The summed E-state index contributed by atoms with van der Waals surface area (Å²) in [4.78, 5) is 14.4. The number of nitrogens with one attached hydrogen (secondary N) is 1. The van der Waals surface area contributed by atoms with Crippen molar-refractivity contribution in [2.45, 2.75) is 25.7 Å². The maximum atomic E-state index is 12.3. The number of nitrogens with zero attached hydrogens (tertiary/aromatic N) is 1. The average molecular weight is 322 g/mol. The lowest BCUT2D eigenvalue weighted by atomic mass is 9.90. The zero-order chi connectivity index (χ0) is 16.6. The van der Waals surface area contributed by atoms with Crippen LogP contribution in [0.25, 0.3) is 0 Å². The Bertz CT molecular complexity index is 619. The van der Waals surface area contributed by atoms with Gasteiger partial charge in [-0.2, -0.15) is 0 Å². The zero-order valence-electron chi connectivity index (χ0n) is 14.2. The van der Waals surface area contributed by atoms with Gasteiger partial charge in [0.1, 0.15) is 0 Å². The lowest BCUT2D eigenvalue weighted by molar-refractivity contribution is -0.132. The molecule has 2 aromatic rings. The van der Waals surface area contributed by atoms with Gasteiger partial charge in [0.2, 0.25) is 5.91 Å². The van der Waals surface area contributed by atoms with Crippen LogP contribution < -0.4 is 5.32 Å². The van der Waals surface area contributed by atoms with Crippen molar-refractivity contribution in [1.29, 1.82) is 0 Å². The van der Waals surface area contributed by atoms with Crippen molar-refractivity contribution in [1.82, 2.24) is 4.90 Å². The number of amides is 1. The highest BCUT2D eigenvalue weighted by atomic mass is 16.2. The number of hydrogen-bond donors (Lipinski definition) is 1. The van der Waals surface area contributed by atoms with Crippen LogP contribution in [0, 0.1) is 5.92 Å². The maximum absolute atomic E-state index is 12.3. The zero-order valence-corrected chi connectivity index (χ0v) is 14.2. The monoisotopic (exact) mass is 322 g/mol. The van der Waals surface area contributed by atoms with E-state index in [1.165, 1.54) is 5.56 Å². The van der Waals surface area contributed by atoms with E-state index in [1.54, 1.807) is 0 Å². The Morgan fingerprint density at radius 3 is 2.25 bits per heavy atom. The van der Waals surface area contributed by atoms with Crippen LogP contribution >= 0.6 is 0 Å². The molecule has 0 bridgehead atoms.